The molecule has 1 aliphatic heterocycles. The van der Waals surface area contributed by atoms with Crippen LogP contribution in [0.15, 0.2) is 18.3 Å². The predicted octanol–water partition coefficient (Wildman–Crippen LogP) is 0.779. The van der Waals surface area contributed by atoms with E-state index in [1.807, 2.05) is 12.1 Å². The second-order valence-corrected chi connectivity index (χ2v) is 3.68. The van der Waals surface area contributed by atoms with Crippen molar-refractivity contribution in [3.8, 4) is 0 Å². The Balaban J connectivity index is 2.18. The molecule has 2 heterocycles. The lowest BCUT2D eigenvalue weighted by Gasteiger charge is -2.29. The van der Waals surface area contributed by atoms with Gasteiger partial charge >= 0.3 is 0 Å². The number of rotatable bonds is 2. The second-order valence-electron chi connectivity index (χ2n) is 3.68. The summed E-state index contributed by atoms with van der Waals surface area (Å²) >= 11 is 0. The lowest BCUT2D eigenvalue weighted by molar-refractivity contribution is 0.334. The zero-order chi connectivity index (χ0) is 9.97. The average molecular weight is 191 g/mol. The van der Waals surface area contributed by atoms with E-state index in [2.05, 4.69) is 40.5 Å². The largest absolute Gasteiger partial charge is 0.339 e. The van der Waals surface area contributed by atoms with Gasteiger partial charge in [0.15, 0.2) is 5.82 Å². The average Bonchev–Trinajstić information content (AvgIpc) is 2.67. The summed E-state index contributed by atoms with van der Waals surface area (Å²) in [5, 5.41) is 8.02. The molecule has 1 radical (unpaired) electrons. The molecule has 0 aliphatic carbocycles. The molecule has 0 bridgehead atoms. The first-order valence-corrected chi connectivity index (χ1v) is 4.83. The smallest absolute Gasteiger partial charge is 0.152 e. The van der Waals surface area contributed by atoms with E-state index >= 15 is 0 Å². The molecule has 75 valence electrons. The van der Waals surface area contributed by atoms with Crippen molar-refractivity contribution in [2.45, 2.75) is 12.6 Å². The van der Waals surface area contributed by atoms with E-state index in [-0.39, 0.29) is 0 Å². The van der Waals surface area contributed by atoms with Crippen LogP contribution in [0.4, 0.5) is 5.82 Å². The topological polar surface area (TPSA) is 32.3 Å². The highest BCUT2D eigenvalue weighted by atomic mass is 15.4. The maximum absolute atomic E-state index is 4.12. The van der Waals surface area contributed by atoms with Gasteiger partial charge in [0, 0.05) is 19.2 Å². The highest BCUT2D eigenvalue weighted by molar-refractivity contribution is 5.40. The fraction of sp³-hybridized carbons (Fsp3) is 0.500. The third kappa shape index (κ3) is 1.70. The Kier molecular flexibility index (Phi) is 2.63. The van der Waals surface area contributed by atoms with Gasteiger partial charge in [-0.1, -0.05) is 0 Å². The van der Waals surface area contributed by atoms with Crippen molar-refractivity contribution >= 4 is 5.82 Å². The molecule has 0 unspecified atom stereocenters. The van der Waals surface area contributed by atoms with Crippen LogP contribution in [0, 0.1) is 6.42 Å². The lowest BCUT2D eigenvalue weighted by Crippen LogP contribution is -2.41. The molecule has 2 rings (SSSR count). The van der Waals surface area contributed by atoms with Crippen LogP contribution < -0.4 is 4.90 Å². The zero-order valence-electron chi connectivity index (χ0n) is 8.59. The van der Waals surface area contributed by atoms with Crippen molar-refractivity contribution in [2.24, 2.45) is 0 Å². The van der Waals surface area contributed by atoms with E-state index in [0.717, 1.165) is 18.8 Å². The highest BCUT2D eigenvalue weighted by Gasteiger charge is 2.27. The molecular weight excluding hydrogens is 176 g/mol. The maximum atomic E-state index is 4.12. The molecule has 4 heteroatoms. The molecule has 0 N–H and O–H groups in total. The third-order valence-electron chi connectivity index (χ3n) is 2.45. The fourth-order valence-electron chi connectivity index (χ4n) is 1.81. The minimum atomic E-state index is 0.353. The molecular formula is C10H15N4. The van der Waals surface area contributed by atoms with Crippen molar-refractivity contribution < 1.29 is 0 Å². The van der Waals surface area contributed by atoms with Gasteiger partial charge in [-0.3, -0.25) is 4.90 Å². The summed E-state index contributed by atoms with van der Waals surface area (Å²) in [6.45, 7) is 1.03. The molecule has 14 heavy (non-hydrogen) atoms. The number of hydrogen-bond acceptors (Lipinski definition) is 4. The minimum absolute atomic E-state index is 0.353. The molecule has 0 amide bonds. The van der Waals surface area contributed by atoms with E-state index in [1.165, 1.54) is 0 Å². The molecule has 1 fully saturated rings. The van der Waals surface area contributed by atoms with Crippen LogP contribution in [0.25, 0.3) is 0 Å². The van der Waals surface area contributed by atoms with Crippen LogP contribution in [-0.2, 0) is 0 Å². The van der Waals surface area contributed by atoms with Crippen LogP contribution >= 0.6 is 0 Å². The normalized spacial score (nSPS) is 21.9. The van der Waals surface area contributed by atoms with Crippen molar-refractivity contribution in [3.63, 3.8) is 0 Å². The predicted molar refractivity (Wildman–Crippen MR) is 55.8 cm³/mol. The summed E-state index contributed by atoms with van der Waals surface area (Å²) in [4.78, 5) is 4.44. The van der Waals surface area contributed by atoms with Gasteiger partial charge in [-0.15, -0.1) is 5.10 Å². The molecule has 1 aromatic rings. The fourth-order valence-corrected chi connectivity index (χ4v) is 1.81. The van der Waals surface area contributed by atoms with Gasteiger partial charge in [-0.25, -0.2) is 0 Å². The van der Waals surface area contributed by atoms with E-state index in [1.54, 1.807) is 6.20 Å². The Morgan fingerprint density at radius 3 is 3.00 bits per heavy atom. The van der Waals surface area contributed by atoms with Gasteiger partial charge in [-0.05, 0) is 32.6 Å². The van der Waals surface area contributed by atoms with Gasteiger partial charge in [-0.2, -0.15) is 5.10 Å². The first-order valence-electron chi connectivity index (χ1n) is 4.83. The minimum Gasteiger partial charge on any atom is -0.339 e. The molecule has 0 saturated carbocycles. The molecule has 0 spiro atoms. The summed E-state index contributed by atoms with van der Waals surface area (Å²) in [5.41, 5.74) is 0. The molecule has 4 nitrogen and oxygen atoms in total. The molecule has 1 aromatic heterocycles. The zero-order valence-corrected chi connectivity index (χ0v) is 8.59. The second kappa shape index (κ2) is 3.92. The first-order chi connectivity index (χ1) is 6.79. The maximum Gasteiger partial charge on any atom is 0.152 e. The van der Waals surface area contributed by atoms with E-state index in [0.29, 0.717) is 6.17 Å². The Bertz CT molecular complexity index is 285. The summed E-state index contributed by atoms with van der Waals surface area (Å²) in [6.07, 6.45) is 5.47. The van der Waals surface area contributed by atoms with E-state index < -0.39 is 0 Å². The Morgan fingerprint density at radius 2 is 2.36 bits per heavy atom. The summed E-state index contributed by atoms with van der Waals surface area (Å²) in [5.74, 6) is 0.958. The van der Waals surface area contributed by atoms with Crippen LogP contribution in [0.3, 0.4) is 0 Å². The lowest BCUT2D eigenvalue weighted by atomic mass is 10.3. The molecule has 1 aliphatic rings. The Morgan fingerprint density at radius 1 is 1.50 bits per heavy atom. The van der Waals surface area contributed by atoms with Crippen LogP contribution in [0.5, 0.6) is 0 Å². The standard InChI is InChI=1S/C10H15N4/c1-13(2)10-6-4-8-14(10)9-5-3-7-11-12-9/h3,5-7,10H,4,8H2,1-2H3/t10-/m1/s1. The Labute approximate surface area is 84.5 Å². The number of anilines is 1. The summed E-state index contributed by atoms with van der Waals surface area (Å²) in [6, 6.07) is 3.93. The summed E-state index contributed by atoms with van der Waals surface area (Å²) < 4.78 is 0. The molecule has 1 atom stereocenters. The van der Waals surface area contributed by atoms with Gasteiger partial charge in [0.2, 0.25) is 0 Å². The highest BCUT2D eigenvalue weighted by Crippen LogP contribution is 2.22. The van der Waals surface area contributed by atoms with Crippen molar-refractivity contribution in [3.05, 3.63) is 24.8 Å². The quantitative estimate of drug-likeness (QED) is 0.691. The van der Waals surface area contributed by atoms with Crippen molar-refractivity contribution in [1.29, 1.82) is 0 Å². The Hall–Kier alpha value is -1.16. The van der Waals surface area contributed by atoms with E-state index in [9.17, 15) is 0 Å². The van der Waals surface area contributed by atoms with Crippen molar-refractivity contribution in [1.82, 2.24) is 15.1 Å². The van der Waals surface area contributed by atoms with E-state index in [4.69, 9.17) is 0 Å². The van der Waals surface area contributed by atoms with Gasteiger partial charge < -0.3 is 4.90 Å². The monoisotopic (exact) mass is 191 g/mol. The number of hydrogen-bond donors (Lipinski definition) is 0. The molecule has 1 saturated heterocycles. The van der Waals surface area contributed by atoms with Crippen LogP contribution in [0.2, 0.25) is 0 Å². The van der Waals surface area contributed by atoms with Crippen LogP contribution in [0.1, 0.15) is 6.42 Å². The van der Waals surface area contributed by atoms with Crippen LogP contribution in [-0.4, -0.2) is 41.9 Å². The first kappa shape index (κ1) is 9.40. The molecule has 0 aromatic carbocycles. The van der Waals surface area contributed by atoms with Crippen molar-refractivity contribution in [2.75, 3.05) is 25.5 Å². The number of aromatic nitrogens is 2. The van der Waals surface area contributed by atoms with Gasteiger partial charge in [0.25, 0.3) is 0 Å². The third-order valence-corrected chi connectivity index (χ3v) is 2.45. The van der Waals surface area contributed by atoms with Gasteiger partial charge in [0.1, 0.15) is 0 Å². The number of nitrogens with zero attached hydrogens (tertiary/aromatic N) is 4. The summed E-state index contributed by atoms with van der Waals surface area (Å²) in [7, 11) is 4.16. The SMILES string of the molecule is CN(C)[C@H]1[CH]CCN1c1cccnn1. The van der Waals surface area contributed by atoms with Gasteiger partial charge in [0.05, 0.1) is 6.17 Å².